The number of anilines is 1. The minimum Gasteiger partial charge on any atom is -0.490 e. The second-order valence-corrected chi connectivity index (χ2v) is 6.77. The zero-order valence-electron chi connectivity index (χ0n) is 15.3. The maximum absolute atomic E-state index is 13.1. The van der Waals surface area contributed by atoms with Crippen molar-refractivity contribution in [3.05, 3.63) is 59.7 Å². The van der Waals surface area contributed by atoms with Crippen LogP contribution in [-0.2, 0) is 0 Å². The van der Waals surface area contributed by atoms with Crippen LogP contribution in [0.2, 0.25) is 0 Å². The predicted molar refractivity (Wildman–Crippen MR) is 101 cm³/mol. The van der Waals surface area contributed by atoms with Crippen molar-refractivity contribution in [1.29, 1.82) is 0 Å². The molecule has 1 aliphatic heterocycles. The maximum atomic E-state index is 13.1. The SMILES string of the molecule is CCC(C)Oc1ccccc1C1Nc2ccccc2C(=O)N1C(C)C. The lowest BCUT2D eigenvalue weighted by molar-refractivity contribution is 0.0612. The van der Waals surface area contributed by atoms with Crippen LogP contribution >= 0.6 is 0 Å². The number of hydrogen-bond acceptors (Lipinski definition) is 3. The Balaban J connectivity index is 2.05. The molecule has 1 aliphatic rings. The lowest BCUT2D eigenvalue weighted by Crippen LogP contribution is -2.46. The van der Waals surface area contributed by atoms with Crippen LogP contribution in [0.1, 0.15) is 56.2 Å². The molecule has 2 atom stereocenters. The number of amides is 1. The number of benzene rings is 2. The van der Waals surface area contributed by atoms with E-state index in [-0.39, 0.29) is 24.2 Å². The van der Waals surface area contributed by atoms with Gasteiger partial charge in [-0.25, -0.2) is 0 Å². The molecule has 0 saturated carbocycles. The average molecular weight is 338 g/mol. The van der Waals surface area contributed by atoms with Gasteiger partial charge in [0, 0.05) is 17.3 Å². The molecule has 132 valence electrons. The Labute approximate surface area is 149 Å². The van der Waals surface area contributed by atoms with Gasteiger partial charge in [-0.3, -0.25) is 4.79 Å². The highest BCUT2D eigenvalue weighted by Crippen LogP contribution is 2.38. The molecule has 1 heterocycles. The van der Waals surface area contributed by atoms with Crippen molar-refractivity contribution >= 4 is 11.6 Å². The van der Waals surface area contributed by atoms with Crippen LogP contribution in [0, 0.1) is 0 Å². The summed E-state index contributed by atoms with van der Waals surface area (Å²) < 4.78 is 6.12. The zero-order chi connectivity index (χ0) is 18.0. The first-order valence-corrected chi connectivity index (χ1v) is 8.96. The van der Waals surface area contributed by atoms with Crippen molar-refractivity contribution in [3.8, 4) is 5.75 Å². The summed E-state index contributed by atoms with van der Waals surface area (Å²) in [6, 6.07) is 15.7. The van der Waals surface area contributed by atoms with Gasteiger partial charge in [-0.2, -0.15) is 0 Å². The number of para-hydroxylation sites is 2. The second-order valence-electron chi connectivity index (χ2n) is 6.77. The van der Waals surface area contributed by atoms with Gasteiger partial charge in [0.25, 0.3) is 5.91 Å². The number of carbonyl (C=O) groups excluding carboxylic acids is 1. The number of nitrogens with one attached hydrogen (secondary N) is 1. The van der Waals surface area contributed by atoms with Crippen molar-refractivity contribution in [2.45, 2.75) is 52.4 Å². The van der Waals surface area contributed by atoms with Crippen LogP contribution in [-0.4, -0.2) is 23.0 Å². The van der Waals surface area contributed by atoms with Crippen LogP contribution in [0.4, 0.5) is 5.69 Å². The third-order valence-corrected chi connectivity index (χ3v) is 4.64. The molecule has 0 aliphatic carbocycles. The third-order valence-electron chi connectivity index (χ3n) is 4.64. The topological polar surface area (TPSA) is 41.6 Å². The van der Waals surface area contributed by atoms with E-state index in [1.54, 1.807) is 0 Å². The van der Waals surface area contributed by atoms with Gasteiger partial charge >= 0.3 is 0 Å². The summed E-state index contributed by atoms with van der Waals surface area (Å²) in [7, 11) is 0. The van der Waals surface area contributed by atoms with Gasteiger partial charge in [-0.15, -0.1) is 0 Å². The van der Waals surface area contributed by atoms with E-state index in [9.17, 15) is 4.79 Å². The summed E-state index contributed by atoms with van der Waals surface area (Å²) in [5.74, 6) is 0.875. The number of hydrogen-bond donors (Lipinski definition) is 1. The number of nitrogens with zero attached hydrogens (tertiary/aromatic N) is 1. The Hall–Kier alpha value is -2.49. The van der Waals surface area contributed by atoms with Crippen molar-refractivity contribution < 1.29 is 9.53 Å². The molecule has 1 amide bonds. The van der Waals surface area contributed by atoms with Crippen LogP contribution in [0.25, 0.3) is 0 Å². The average Bonchev–Trinajstić information content (AvgIpc) is 2.61. The summed E-state index contributed by atoms with van der Waals surface area (Å²) in [5.41, 5.74) is 2.57. The van der Waals surface area contributed by atoms with E-state index in [1.807, 2.05) is 67.3 Å². The second kappa shape index (κ2) is 7.18. The van der Waals surface area contributed by atoms with Crippen molar-refractivity contribution in [1.82, 2.24) is 4.90 Å². The molecule has 2 unspecified atom stereocenters. The molecule has 0 aromatic heterocycles. The van der Waals surface area contributed by atoms with Gasteiger partial charge in [-0.1, -0.05) is 37.3 Å². The van der Waals surface area contributed by atoms with Crippen LogP contribution in [0.15, 0.2) is 48.5 Å². The molecule has 4 nitrogen and oxygen atoms in total. The zero-order valence-corrected chi connectivity index (χ0v) is 15.3. The summed E-state index contributed by atoms with van der Waals surface area (Å²) in [4.78, 5) is 15.0. The minimum atomic E-state index is -0.248. The molecular weight excluding hydrogens is 312 g/mol. The molecule has 0 saturated heterocycles. The molecular formula is C21H26N2O2. The van der Waals surface area contributed by atoms with Gasteiger partial charge in [0.05, 0.1) is 11.7 Å². The van der Waals surface area contributed by atoms with Gasteiger partial charge in [-0.05, 0) is 45.4 Å². The molecule has 2 aromatic carbocycles. The Kier molecular flexibility index (Phi) is 4.98. The Bertz CT molecular complexity index is 757. The van der Waals surface area contributed by atoms with Crippen LogP contribution in [0.3, 0.4) is 0 Å². The summed E-state index contributed by atoms with van der Waals surface area (Å²) in [6.07, 6.45) is 0.810. The van der Waals surface area contributed by atoms with E-state index < -0.39 is 0 Å². The molecule has 0 bridgehead atoms. The first-order valence-electron chi connectivity index (χ1n) is 8.96. The standard InChI is InChI=1S/C21H26N2O2/c1-5-15(4)25-19-13-9-7-11-17(19)20-22-18-12-8-6-10-16(18)21(24)23(20)14(2)3/h6-15,20,22H,5H2,1-4H3. The molecule has 1 N–H and O–H groups in total. The monoisotopic (exact) mass is 338 g/mol. The van der Waals surface area contributed by atoms with E-state index in [4.69, 9.17) is 4.74 Å². The number of ether oxygens (including phenoxy) is 1. The summed E-state index contributed by atoms with van der Waals surface area (Å²) in [5, 5.41) is 3.53. The summed E-state index contributed by atoms with van der Waals surface area (Å²) in [6.45, 7) is 8.25. The van der Waals surface area contributed by atoms with Gasteiger partial charge in [0.15, 0.2) is 0 Å². The highest BCUT2D eigenvalue weighted by atomic mass is 16.5. The summed E-state index contributed by atoms with van der Waals surface area (Å²) >= 11 is 0. The van der Waals surface area contributed by atoms with E-state index in [2.05, 4.69) is 19.2 Å². The quantitative estimate of drug-likeness (QED) is 0.848. The van der Waals surface area contributed by atoms with Gasteiger partial charge in [0.1, 0.15) is 11.9 Å². The molecule has 25 heavy (non-hydrogen) atoms. The third kappa shape index (κ3) is 3.34. The number of carbonyl (C=O) groups is 1. The highest BCUT2D eigenvalue weighted by molar-refractivity contribution is 6.01. The normalized spacial score (nSPS) is 17.9. The lowest BCUT2D eigenvalue weighted by atomic mass is 10.0. The predicted octanol–water partition coefficient (Wildman–Crippen LogP) is 4.84. The molecule has 0 spiro atoms. The Morgan fingerprint density at radius 1 is 1.08 bits per heavy atom. The van der Waals surface area contributed by atoms with Crippen molar-refractivity contribution in [3.63, 3.8) is 0 Å². The van der Waals surface area contributed by atoms with E-state index >= 15 is 0 Å². The fourth-order valence-corrected chi connectivity index (χ4v) is 3.14. The van der Waals surface area contributed by atoms with Crippen LogP contribution in [0.5, 0.6) is 5.75 Å². The number of fused-ring (bicyclic) bond motifs is 1. The molecule has 4 heteroatoms. The fourth-order valence-electron chi connectivity index (χ4n) is 3.14. The van der Waals surface area contributed by atoms with E-state index in [1.165, 1.54) is 0 Å². The lowest BCUT2D eigenvalue weighted by Gasteiger charge is -2.41. The first kappa shape index (κ1) is 17.3. The minimum absolute atomic E-state index is 0.0488. The molecule has 3 rings (SSSR count). The first-order chi connectivity index (χ1) is 12.0. The Morgan fingerprint density at radius 3 is 2.48 bits per heavy atom. The number of rotatable bonds is 5. The van der Waals surface area contributed by atoms with E-state index in [0.29, 0.717) is 5.56 Å². The van der Waals surface area contributed by atoms with Crippen LogP contribution < -0.4 is 10.1 Å². The molecule has 0 fully saturated rings. The van der Waals surface area contributed by atoms with Gasteiger partial charge in [0.2, 0.25) is 0 Å². The van der Waals surface area contributed by atoms with Gasteiger partial charge < -0.3 is 15.0 Å². The van der Waals surface area contributed by atoms with Crippen molar-refractivity contribution in [2.24, 2.45) is 0 Å². The molecule has 0 radical (unpaired) electrons. The Morgan fingerprint density at radius 2 is 1.76 bits per heavy atom. The fraction of sp³-hybridized carbons (Fsp3) is 0.381. The van der Waals surface area contributed by atoms with Crippen molar-refractivity contribution in [2.75, 3.05) is 5.32 Å². The maximum Gasteiger partial charge on any atom is 0.258 e. The largest absolute Gasteiger partial charge is 0.490 e. The highest BCUT2D eigenvalue weighted by Gasteiger charge is 2.35. The van der Waals surface area contributed by atoms with E-state index in [0.717, 1.165) is 23.4 Å². The smallest absolute Gasteiger partial charge is 0.258 e. The molecule has 2 aromatic rings.